The maximum atomic E-state index is 13.0. The molecule has 0 aliphatic carbocycles. The van der Waals surface area contributed by atoms with E-state index in [1.54, 1.807) is 27.7 Å². The van der Waals surface area contributed by atoms with Gasteiger partial charge in [0.05, 0.1) is 12.2 Å². The summed E-state index contributed by atoms with van der Waals surface area (Å²) in [5.74, 6) is -1.81. The fourth-order valence-electron chi connectivity index (χ4n) is 2.01. The van der Waals surface area contributed by atoms with Gasteiger partial charge in [0, 0.05) is 6.54 Å². The van der Waals surface area contributed by atoms with E-state index in [0.29, 0.717) is 0 Å². The number of ether oxygens (including phenoxy) is 2. The summed E-state index contributed by atoms with van der Waals surface area (Å²) in [5.41, 5.74) is -1.78. The Balaban J connectivity index is 2.97. The Morgan fingerprint density at radius 1 is 1.12 bits per heavy atom. The first-order valence-corrected chi connectivity index (χ1v) is 7.73. The van der Waals surface area contributed by atoms with Crippen molar-refractivity contribution in [2.24, 2.45) is 0 Å². The lowest BCUT2D eigenvalue weighted by atomic mass is 10.1. The number of hydrogen-bond donors (Lipinski definition) is 1. The van der Waals surface area contributed by atoms with Gasteiger partial charge in [-0.1, -0.05) is 18.2 Å². The van der Waals surface area contributed by atoms with E-state index in [4.69, 9.17) is 9.47 Å². The number of halogens is 3. The predicted octanol–water partition coefficient (Wildman–Crippen LogP) is 3.07. The molecule has 5 nitrogen and oxygen atoms in total. The maximum Gasteiger partial charge on any atom is 0.416 e. The van der Waals surface area contributed by atoms with Gasteiger partial charge in [-0.2, -0.15) is 13.2 Å². The average molecular weight is 361 g/mol. The first-order chi connectivity index (χ1) is 11.5. The van der Waals surface area contributed by atoms with E-state index in [9.17, 15) is 22.8 Å². The summed E-state index contributed by atoms with van der Waals surface area (Å²) in [7, 11) is 0. The van der Waals surface area contributed by atoms with Crippen molar-refractivity contribution in [2.75, 3.05) is 6.61 Å². The smallest absolute Gasteiger partial charge is 0.416 e. The number of rotatable bonds is 6. The minimum atomic E-state index is -4.54. The molecule has 8 heteroatoms. The lowest BCUT2D eigenvalue weighted by Crippen LogP contribution is -2.47. The van der Waals surface area contributed by atoms with Crippen LogP contribution in [0.25, 0.3) is 0 Å². The summed E-state index contributed by atoms with van der Waals surface area (Å²) in [6.45, 7) is 6.09. The molecule has 0 spiro atoms. The molecule has 0 aliphatic heterocycles. The lowest BCUT2D eigenvalue weighted by molar-refractivity contribution is -0.165. The van der Waals surface area contributed by atoms with E-state index in [1.807, 2.05) is 0 Å². The van der Waals surface area contributed by atoms with E-state index in [2.05, 4.69) is 5.32 Å². The second-order valence-electron chi connectivity index (χ2n) is 6.25. The van der Waals surface area contributed by atoms with Crippen LogP contribution in [0.5, 0.6) is 0 Å². The van der Waals surface area contributed by atoms with Crippen LogP contribution < -0.4 is 5.32 Å². The summed E-state index contributed by atoms with van der Waals surface area (Å²) in [4.78, 5) is 24.1. The first-order valence-electron chi connectivity index (χ1n) is 7.73. The van der Waals surface area contributed by atoms with Gasteiger partial charge in [0.1, 0.15) is 5.60 Å². The van der Waals surface area contributed by atoms with Crippen molar-refractivity contribution >= 4 is 11.9 Å². The molecule has 1 unspecified atom stereocenters. The van der Waals surface area contributed by atoms with Crippen LogP contribution in [0, 0.1) is 0 Å². The van der Waals surface area contributed by atoms with Crippen molar-refractivity contribution in [1.29, 1.82) is 0 Å². The molecule has 1 N–H and O–H groups in total. The molecule has 1 atom stereocenters. The van der Waals surface area contributed by atoms with Crippen LogP contribution in [-0.2, 0) is 31.8 Å². The molecule has 1 rings (SSSR count). The minimum absolute atomic E-state index is 0.0267. The Morgan fingerprint density at radius 2 is 1.72 bits per heavy atom. The van der Waals surface area contributed by atoms with E-state index < -0.39 is 35.3 Å². The van der Waals surface area contributed by atoms with Gasteiger partial charge >= 0.3 is 18.1 Å². The standard InChI is InChI=1S/C17H22F3NO4/c1-5-24-14(22)13(15(23)25-16(2,3)4)21-10-11-8-6-7-9-12(11)17(18,19)20/h6-9,13,21H,5,10H2,1-4H3. The summed E-state index contributed by atoms with van der Waals surface area (Å²) in [6, 6.07) is 3.40. The van der Waals surface area contributed by atoms with Crippen molar-refractivity contribution in [1.82, 2.24) is 5.32 Å². The van der Waals surface area contributed by atoms with Crippen LogP contribution in [0.15, 0.2) is 24.3 Å². The van der Waals surface area contributed by atoms with Gasteiger partial charge in [0.2, 0.25) is 6.04 Å². The molecule has 0 heterocycles. The zero-order valence-electron chi connectivity index (χ0n) is 14.6. The van der Waals surface area contributed by atoms with Crippen molar-refractivity contribution in [3.63, 3.8) is 0 Å². The van der Waals surface area contributed by atoms with Crippen molar-refractivity contribution in [2.45, 2.75) is 52.1 Å². The largest absolute Gasteiger partial charge is 0.464 e. The van der Waals surface area contributed by atoms with Crippen LogP contribution in [-0.4, -0.2) is 30.2 Å². The molecule has 0 amide bonds. The molecule has 1 aromatic carbocycles. The molecule has 0 fully saturated rings. The topological polar surface area (TPSA) is 64.6 Å². The van der Waals surface area contributed by atoms with Gasteiger partial charge in [0.15, 0.2) is 0 Å². The highest BCUT2D eigenvalue weighted by Gasteiger charge is 2.35. The summed E-state index contributed by atoms with van der Waals surface area (Å²) in [6.07, 6.45) is -4.54. The molecule has 0 aromatic heterocycles. The molecular formula is C17H22F3NO4. The number of esters is 2. The molecule has 0 saturated heterocycles. The molecular weight excluding hydrogens is 339 g/mol. The highest BCUT2D eigenvalue weighted by atomic mass is 19.4. The molecule has 0 radical (unpaired) electrons. The Morgan fingerprint density at radius 3 is 2.24 bits per heavy atom. The second kappa shape index (κ2) is 8.33. The Labute approximate surface area is 144 Å². The van der Waals surface area contributed by atoms with Crippen molar-refractivity contribution in [3.8, 4) is 0 Å². The highest BCUT2D eigenvalue weighted by Crippen LogP contribution is 2.31. The normalized spacial score (nSPS) is 13.2. The molecule has 25 heavy (non-hydrogen) atoms. The van der Waals surface area contributed by atoms with Gasteiger partial charge < -0.3 is 9.47 Å². The fourth-order valence-corrected chi connectivity index (χ4v) is 2.01. The second-order valence-corrected chi connectivity index (χ2v) is 6.25. The van der Waals surface area contributed by atoms with Crippen LogP contribution in [0.2, 0.25) is 0 Å². The summed E-state index contributed by atoms with van der Waals surface area (Å²) < 4.78 is 49.0. The Bertz CT molecular complexity index is 609. The van der Waals surface area contributed by atoms with Crippen LogP contribution in [0.1, 0.15) is 38.8 Å². The van der Waals surface area contributed by atoms with Crippen molar-refractivity contribution in [3.05, 3.63) is 35.4 Å². The zero-order valence-corrected chi connectivity index (χ0v) is 14.6. The third-order valence-electron chi connectivity index (χ3n) is 2.98. The van der Waals surface area contributed by atoms with E-state index in [-0.39, 0.29) is 18.7 Å². The third kappa shape index (κ3) is 6.74. The molecule has 1 aromatic rings. The SMILES string of the molecule is CCOC(=O)C(NCc1ccccc1C(F)(F)F)C(=O)OC(C)(C)C. The van der Waals surface area contributed by atoms with Crippen LogP contribution in [0.3, 0.4) is 0 Å². The Hall–Kier alpha value is -2.09. The van der Waals surface area contributed by atoms with Crippen molar-refractivity contribution < 1.29 is 32.2 Å². The van der Waals surface area contributed by atoms with Crippen LogP contribution >= 0.6 is 0 Å². The number of nitrogens with one attached hydrogen (secondary N) is 1. The molecule has 140 valence electrons. The number of alkyl halides is 3. The molecule has 0 saturated carbocycles. The molecule has 0 aliphatic rings. The quantitative estimate of drug-likeness (QED) is 0.623. The van der Waals surface area contributed by atoms with Gasteiger partial charge in [0.25, 0.3) is 0 Å². The summed E-state index contributed by atoms with van der Waals surface area (Å²) in [5, 5.41) is 2.51. The van der Waals surface area contributed by atoms with E-state index in [0.717, 1.165) is 6.07 Å². The lowest BCUT2D eigenvalue weighted by Gasteiger charge is -2.24. The van der Waals surface area contributed by atoms with Crippen LogP contribution in [0.4, 0.5) is 13.2 Å². The first kappa shape index (κ1) is 21.0. The number of carbonyl (C=O) groups is 2. The Kier molecular flexibility index (Phi) is 6.98. The maximum absolute atomic E-state index is 13.0. The highest BCUT2D eigenvalue weighted by molar-refractivity contribution is 5.99. The molecule has 0 bridgehead atoms. The average Bonchev–Trinajstić information content (AvgIpc) is 2.45. The summed E-state index contributed by atoms with van der Waals surface area (Å²) >= 11 is 0. The predicted molar refractivity (Wildman–Crippen MR) is 84.5 cm³/mol. The zero-order chi connectivity index (χ0) is 19.3. The van der Waals surface area contributed by atoms with Gasteiger partial charge in [-0.15, -0.1) is 0 Å². The fraction of sp³-hybridized carbons (Fsp3) is 0.529. The minimum Gasteiger partial charge on any atom is -0.464 e. The third-order valence-corrected chi connectivity index (χ3v) is 2.98. The number of hydrogen-bond acceptors (Lipinski definition) is 5. The van der Waals surface area contributed by atoms with Gasteiger partial charge in [-0.25, -0.2) is 9.59 Å². The van der Waals surface area contributed by atoms with E-state index in [1.165, 1.54) is 18.2 Å². The van der Waals surface area contributed by atoms with E-state index >= 15 is 0 Å². The number of carbonyl (C=O) groups excluding carboxylic acids is 2. The monoisotopic (exact) mass is 361 g/mol. The number of benzene rings is 1. The van der Waals surface area contributed by atoms with Gasteiger partial charge in [-0.3, -0.25) is 5.32 Å². The van der Waals surface area contributed by atoms with Gasteiger partial charge in [-0.05, 0) is 39.3 Å².